The van der Waals surface area contributed by atoms with Crippen LogP contribution < -0.4 is 5.43 Å². The van der Waals surface area contributed by atoms with Gasteiger partial charge in [-0.3, -0.25) is 0 Å². The molecule has 124 valence electrons. The van der Waals surface area contributed by atoms with Crippen LogP contribution in [0.5, 0.6) is 0 Å². The summed E-state index contributed by atoms with van der Waals surface area (Å²) in [5, 5.41) is 13.6. The molecular weight excluding hydrogens is 316 g/mol. The maximum Gasteiger partial charge on any atom is 0.265 e. The predicted molar refractivity (Wildman–Crippen MR) is 98.3 cm³/mol. The van der Waals surface area contributed by atoms with Gasteiger partial charge in [0, 0.05) is 12.4 Å². The summed E-state index contributed by atoms with van der Waals surface area (Å²) >= 11 is 0. The summed E-state index contributed by atoms with van der Waals surface area (Å²) < 4.78 is 7.26. The molecule has 3 heterocycles. The van der Waals surface area contributed by atoms with Crippen molar-refractivity contribution in [1.82, 2.24) is 19.7 Å². The van der Waals surface area contributed by atoms with Crippen LogP contribution in [0.25, 0.3) is 28.1 Å². The third-order valence-corrected chi connectivity index (χ3v) is 3.85. The minimum absolute atomic E-state index is 0.348. The van der Waals surface area contributed by atoms with Crippen molar-refractivity contribution in [3.63, 3.8) is 0 Å². The Morgan fingerprint density at radius 3 is 2.92 bits per heavy atom. The van der Waals surface area contributed by atoms with Gasteiger partial charge in [-0.05, 0) is 36.8 Å². The predicted octanol–water partition coefficient (Wildman–Crippen LogP) is 3.61. The molecule has 1 aromatic carbocycles. The fourth-order valence-electron chi connectivity index (χ4n) is 2.68. The van der Waals surface area contributed by atoms with Gasteiger partial charge < -0.3 is 8.98 Å². The van der Waals surface area contributed by atoms with Gasteiger partial charge >= 0.3 is 0 Å². The molecule has 0 unspecified atom stereocenters. The van der Waals surface area contributed by atoms with E-state index >= 15 is 0 Å². The lowest BCUT2D eigenvalue weighted by Crippen LogP contribution is -2.00. The van der Waals surface area contributed by atoms with E-state index in [4.69, 9.17) is 4.42 Å². The van der Waals surface area contributed by atoms with Gasteiger partial charge in [-0.1, -0.05) is 18.2 Å². The van der Waals surface area contributed by atoms with Crippen molar-refractivity contribution in [2.75, 3.05) is 5.43 Å². The number of rotatable bonds is 4. The lowest BCUT2D eigenvalue weighted by Gasteiger charge is -1.99. The van der Waals surface area contributed by atoms with Gasteiger partial charge in [0.05, 0.1) is 18.0 Å². The van der Waals surface area contributed by atoms with E-state index in [1.165, 1.54) is 0 Å². The van der Waals surface area contributed by atoms with E-state index < -0.39 is 0 Å². The first kappa shape index (κ1) is 15.1. The highest BCUT2D eigenvalue weighted by Gasteiger charge is 2.11. The fourth-order valence-corrected chi connectivity index (χ4v) is 2.68. The van der Waals surface area contributed by atoms with E-state index in [0.717, 1.165) is 33.4 Å². The molecule has 0 radical (unpaired) electrons. The summed E-state index contributed by atoms with van der Waals surface area (Å²) in [4.78, 5) is 4.51. The Hall–Kier alpha value is -3.48. The van der Waals surface area contributed by atoms with Gasteiger partial charge in [0.15, 0.2) is 5.65 Å². The van der Waals surface area contributed by atoms with E-state index in [1.807, 2.05) is 61.0 Å². The second-order valence-electron chi connectivity index (χ2n) is 5.66. The van der Waals surface area contributed by atoms with E-state index in [2.05, 4.69) is 25.7 Å². The number of allylic oxidation sites excluding steroid dienone is 1. The first-order valence-electron chi connectivity index (χ1n) is 7.81. The van der Waals surface area contributed by atoms with Crippen LogP contribution in [0.15, 0.2) is 57.8 Å². The van der Waals surface area contributed by atoms with Crippen molar-refractivity contribution in [1.29, 1.82) is 0 Å². The zero-order valence-corrected chi connectivity index (χ0v) is 13.8. The molecule has 1 N–H and O–H groups in total. The topological polar surface area (TPSA) is 81.1 Å². The fraction of sp³-hybridized carbons (Fsp3) is 0.111. The van der Waals surface area contributed by atoms with Crippen LogP contribution in [0.2, 0.25) is 0 Å². The normalized spacial score (nSPS) is 12.5. The number of fused-ring (bicyclic) bond motifs is 3. The molecule has 3 aromatic heterocycles. The van der Waals surface area contributed by atoms with Gasteiger partial charge in [0.1, 0.15) is 11.3 Å². The van der Waals surface area contributed by atoms with Crippen molar-refractivity contribution in [2.24, 2.45) is 12.1 Å². The summed E-state index contributed by atoms with van der Waals surface area (Å²) in [7, 11) is 1.96. The zero-order valence-electron chi connectivity index (χ0n) is 13.8. The minimum atomic E-state index is 0.348. The largest absolute Gasteiger partial charge is 0.465 e. The summed E-state index contributed by atoms with van der Waals surface area (Å²) in [6.45, 7) is 1.93. The van der Waals surface area contributed by atoms with Gasteiger partial charge in [0.2, 0.25) is 0 Å². The molecule has 0 atom stereocenters. The van der Waals surface area contributed by atoms with E-state index in [-0.39, 0.29) is 0 Å². The molecule has 0 aliphatic heterocycles. The molecule has 25 heavy (non-hydrogen) atoms. The number of hydrogen-bond acceptors (Lipinski definition) is 6. The van der Waals surface area contributed by atoms with Crippen LogP contribution in [0.1, 0.15) is 12.7 Å². The standard InChI is InChI=1S/C18H16N6O/c1-12(10-13-6-5-9-25-13)11-19-22-18-20-17-16(21-23-18)14-7-3-4-8-15(14)24(17)2/h3-11H,1-2H3,(H,20,22,23)/b12-10+,19-11?. The average molecular weight is 332 g/mol. The Morgan fingerprint density at radius 2 is 2.08 bits per heavy atom. The van der Waals surface area contributed by atoms with Crippen LogP contribution in [0.3, 0.4) is 0 Å². The SMILES string of the molecule is C/C(C=NNc1nnc2c3ccccc3n(C)c2n1)=C\c1ccco1. The van der Waals surface area contributed by atoms with Crippen molar-refractivity contribution in [2.45, 2.75) is 6.92 Å². The summed E-state index contributed by atoms with van der Waals surface area (Å²) in [6.07, 6.45) is 5.20. The smallest absolute Gasteiger partial charge is 0.265 e. The second kappa shape index (κ2) is 6.20. The molecule has 0 aliphatic rings. The zero-order chi connectivity index (χ0) is 17.2. The molecule has 0 fully saturated rings. The summed E-state index contributed by atoms with van der Waals surface area (Å²) in [5.41, 5.74) is 6.36. The van der Waals surface area contributed by atoms with Crippen LogP contribution >= 0.6 is 0 Å². The van der Waals surface area contributed by atoms with E-state index in [0.29, 0.717) is 5.95 Å². The van der Waals surface area contributed by atoms with Crippen molar-refractivity contribution in [3.8, 4) is 0 Å². The lowest BCUT2D eigenvalue weighted by molar-refractivity contribution is 0.557. The number of hydrogen-bond donors (Lipinski definition) is 1. The number of aryl methyl sites for hydroxylation is 1. The van der Waals surface area contributed by atoms with Crippen LogP contribution in [0, 0.1) is 0 Å². The number of hydrazone groups is 1. The monoisotopic (exact) mass is 332 g/mol. The van der Waals surface area contributed by atoms with E-state index in [1.54, 1.807) is 12.5 Å². The number of nitrogens with one attached hydrogen (secondary N) is 1. The Morgan fingerprint density at radius 1 is 1.20 bits per heavy atom. The molecule has 0 saturated heterocycles. The number of benzene rings is 1. The quantitative estimate of drug-likeness (QED) is 0.456. The minimum Gasteiger partial charge on any atom is -0.465 e. The molecule has 7 nitrogen and oxygen atoms in total. The number of anilines is 1. The van der Waals surface area contributed by atoms with Crippen LogP contribution in [-0.2, 0) is 7.05 Å². The Bertz CT molecular complexity index is 1090. The number of nitrogens with zero attached hydrogens (tertiary/aromatic N) is 5. The third-order valence-electron chi connectivity index (χ3n) is 3.85. The van der Waals surface area contributed by atoms with Gasteiger partial charge in [-0.25, -0.2) is 5.43 Å². The van der Waals surface area contributed by atoms with Gasteiger partial charge in [-0.2, -0.15) is 10.1 Å². The highest BCUT2D eigenvalue weighted by atomic mass is 16.3. The number of furan rings is 1. The number of aromatic nitrogens is 4. The van der Waals surface area contributed by atoms with Crippen molar-refractivity contribution >= 4 is 40.3 Å². The first-order valence-corrected chi connectivity index (χ1v) is 7.81. The summed E-state index contributed by atoms with van der Waals surface area (Å²) in [5.74, 6) is 1.12. The van der Waals surface area contributed by atoms with Crippen molar-refractivity contribution in [3.05, 3.63) is 54.0 Å². The Balaban J connectivity index is 1.59. The maximum atomic E-state index is 5.26. The summed E-state index contributed by atoms with van der Waals surface area (Å²) in [6, 6.07) is 11.7. The van der Waals surface area contributed by atoms with Crippen LogP contribution in [-0.4, -0.2) is 26.0 Å². The molecular formula is C18H16N6O. The highest BCUT2D eigenvalue weighted by Crippen LogP contribution is 2.24. The van der Waals surface area contributed by atoms with Crippen molar-refractivity contribution < 1.29 is 4.42 Å². The highest BCUT2D eigenvalue weighted by molar-refractivity contribution is 6.04. The third kappa shape index (κ3) is 2.87. The molecule has 7 heteroatoms. The van der Waals surface area contributed by atoms with Crippen LogP contribution in [0.4, 0.5) is 5.95 Å². The van der Waals surface area contributed by atoms with Gasteiger partial charge in [0.25, 0.3) is 5.95 Å². The van der Waals surface area contributed by atoms with E-state index in [9.17, 15) is 0 Å². The number of para-hydroxylation sites is 1. The molecule has 4 rings (SSSR count). The maximum absolute atomic E-state index is 5.26. The molecule has 0 amide bonds. The molecule has 4 aromatic rings. The Labute approximate surface area is 143 Å². The average Bonchev–Trinajstić information content (AvgIpc) is 3.23. The first-order chi connectivity index (χ1) is 12.2. The molecule has 0 spiro atoms. The molecule has 0 bridgehead atoms. The lowest BCUT2D eigenvalue weighted by atomic mass is 10.2. The molecule has 0 saturated carbocycles. The second-order valence-corrected chi connectivity index (χ2v) is 5.66. The molecule has 0 aliphatic carbocycles. The Kier molecular flexibility index (Phi) is 3.74. The van der Waals surface area contributed by atoms with Gasteiger partial charge in [-0.15, -0.1) is 10.2 Å².